The maximum absolute atomic E-state index is 12.9. The molecule has 1 heterocycles. The minimum absolute atomic E-state index is 0.143. The van der Waals surface area contributed by atoms with Crippen molar-refractivity contribution in [3.8, 4) is 0 Å². The summed E-state index contributed by atoms with van der Waals surface area (Å²) in [6.07, 6.45) is 1.10. The molecule has 0 aliphatic carbocycles. The molecule has 116 valence electrons. The van der Waals surface area contributed by atoms with Gasteiger partial charge in [0.05, 0.1) is 5.54 Å². The van der Waals surface area contributed by atoms with Crippen LogP contribution in [0.1, 0.15) is 50.0 Å². The fourth-order valence-electron chi connectivity index (χ4n) is 2.96. The molecule has 1 amide bonds. The topological polar surface area (TPSA) is 32.3 Å². The molecule has 1 saturated heterocycles. The summed E-state index contributed by atoms with van der Waals surface area (Å²) in [4.78, 5) is 14.9. The minimum atomic E-state index is -0.143. The number of carbonyl (C=O) groups is 1. The molecule has 0 radical (unpaired) electrons. The number of rotatable bonds is 3. The van der Waals surface area contributed by atoms with Crippen LogP contribution in [0.25, 0.3) is 0 Å². The van der Waals surface area contributed by atoms with E-state index in [1.165, 1.54) is 5.56 Å². The second kappa shape index (κ2) is 6.18. The van der Waals surface area contributed by atoms with Crippen LogP contribution in [0.3, 0.4) is 0 Å². The van der Waals surface area contributed by atoms with Gasteiger partial charge in [-0.15, -0.1) is 0 Å². The standard InChI is InChI=1S/C18H28N2O/c1-13(2)10-16-11-20(18(4,5)12-19-16)17(21)15-8-6-14(3)7-9-15/h6-9,13,16,19H,10-12H2,1-5H3. The van der Waals surface area contributed by atoms with Gasteiger partial charge in [0.1, 0.15) is 0 Å². The normalized spacial score (nSPS) is 21.6. The number of benzene rings is 1. The second-order valence-electron chi connectivity index (χ2n) is 7.30. The molecule has 1 fully saturated rings. The van der Waals surface area contributed by atoms with Crippen LogP contribution in [-0.4, -0.2) is 35.5 Å². The van der Waals surface area contributed by atoms with Gasteiger partial charge in [-0.3, -0.25) is 4.79 Å². The molecule has 0 aromatic heterocycles. The van der Waals surface area contributed by atoms with Crippen molar-refractivity contribution in [2.75, 3.05) is 13.1 Å². The highest BCUT2D eigenvalue weighted by molar-refractivity contribution is 5.94. The molecular weight excluding hydrogens is 260 g/mol. The lowest BCUT2D eigenvalue weighted by molar-refractivity contribution is 0.0377. The predicted molar refractivity (Wildman–Crippen MR) is 87.5 cm³/mol. The second-order valence-corrected chi connectivity index (χ2v) is 7.30. The first-order chi connectivity index (χ1) is 9.79. The summed E-state index contributed by atoms with van der Waals surface area (Å²) in [5.41, 5.74) is 1.83. The van der Waals surface area contributed by atoms with Gasteiger partial charge in [0, 0.05) is 24.7 Å². The first-order valence-electron chi connectivity index (χ1n) is 7.91. The Balaban J connectivity index is 2.17. The van der Waals surface area contributed by atoms with E-state index >= 15 is 0 Å². The molecule has 1 aliphatic rings. The van der Waals surface area contributed by atoms with E-state index in [1.54, 1.807) is 0 Å². The lowest BCUT2D eigenvalue weighted by Gasteiger charge is -2.46. The van der Waals surface area contributed by atoms with Crippen molar-refractivity contribution in [1.82, 2.24) is 10.2 Å². The lowest BCUT2D eigenvalue weighted by atomic mass is 9.92. The zero-order valence-corrected chi connectivity index (χ0v) is 13.9. The number of aryl methyl sites for hydroxylation is 1. The third kappa shape index (κ3) is 3.85. The van der Waals surface area contributed by atoms with Gasteiger partial charge < -0.3 is 10.2 Å². The van der Waals surface area contributed by atoms with Crippen LogP contribution < -0.4 is 5.32 Å². The van der Waals surface area contributed by atoms with Gasteiger partial charge in [-0.2, -0.15) is 0 Å². The summed E-state index contributed by atoms with van der Waals surface area (Å²) >= 11 is 0. The van der Waals surface area contributed by atoms with Gasteiger partial charge in [0.2, 0.25) is 0 Å². The largest absolute Gasteiger partial charge is 0.331 e. The monoisotopic (exact) mass is 288 g/mol. The molecule has 0 saturated carbocycles. The van der Waals surface area contributed by atoms with Crippen molar-refractivity contribution in [3.05, 3.63) is 35.4 Å². The number of nitrogens with zero attached hydrogens (tertiary/aromatic N) is 1. The molecule has 2 rings (SSSR count). The number of nitrogens with one attached hydrogen (secondary N) is 1. The highest BCUT2D eigenvalue weighted by Gasteiger charge is 2.37. The van der Waals surface area contributed by atoms with E-state index in [4.69, 9.17) is 0 Å². The first-order valence-corrected chi connectivity index (χ1v) is 7.91. The van der Waals surface area contributed by atoms with Crippen molar-refractivity contribution in [2.24, 2.45) is 5.92 Å². The summed E-state index contributed by atoms with van der Waals surface area (Å²) in [6.45, 7) is 12.4. The van der Waals surface area contributed by atoms with Crippen molar-refractivity contribution in [2.45, 2.75) is 52.6 Å². The summed E-state index contributed by atoms with van der Waals surface area (Å²) in [6, 6.07) is 8.29. The van der Waals surface area contributed by atoms with Crippen LogP contribution in [0.5, 0.6) is 0 Å². The van der Waals surface area contributed by atoms with Crippen molar-refractivity contribution in [1.29, 1.82) is 0 Å². The van der Waals surface area contributed by atoms with Gasteiger partial charge >= 0.3 is 0 Å². The summed E-state index contributed by atoms with van der Waals surface area (Å²) < 4.78 is 0. The van der Waals surface area contributed by atoms with E-state index in [2.05, 4.69) is 33.0 Å². The van der Waals surface area contributed by atoms with E-state index in [1.807, 2.05) is 36.1 Å². The fourth-order valence-corrected chi connectivity index (χ4v) is 2.96. The van der Waals surface area contributed by atoms with Gasteiger partial charge in [-0.1, -0.05) is 31.5 Å². The highest BCUT2D eigenvalue weighted by atomic mass is 16.2. The highest BCUT2D eigenvalue weighted by Crippen LogP contribution is 2.23. The van der Waals surface area contributed by atoms with Gasteiger partial charge in [-0.05, 0) is 45.2 Å². The molecule has 0 bridgehead atoms. The van der Waals surface area contributed by atoms with Gasteiger partial charge in [0.25, 0.3) is 5.91 Å². The Labute approximate surface area is 128 Å². The SMILES string of the molecule is Cc1ccc(C(=O)N2CC(CC(C)C)NCC2(C)C)cc1. The molecule has 3 nitrogen and oxygen atoms in total. The van der Waals surface area contributed by atoms with Crippen LogP contribution >= 0.6 is 0 Å². The minimum Gasteiger partial charge on any atom is -0.331 e. The Morgan fingerprint density at radius 1 is 1.33 bits per heavy atom. The molecule has 0 spiro atoms. The predicted octanol–water partition coefficient (Wildman–Crippen LogP) is 3.23. The van der Waals surface area contributed by atoms with Crippen molar-refractivity contribution >= 4 is 5.91 Å². The Kier molecular flexibility index (Phi) is 4.72. The Morgan fingerprint density at radius 3 is 2.52 bits per heavy atom. The van der Waals surface area contributed by atoms with E-state index in [-0.39, 0.29) is 11.4 Å². The van der Waals surface area contributed by atoms with E-state index < -0.39 is 0 Å². The van der Waals surface area contributed by atoms with Crippen molar-refractivity contribution in [3.63, 3.8) is 0 Å². The molecule has 3 heteroatoms. The first kappa shape index (κ1) is 16.0. The quantitative estimate of drug-likeness (QED) is 0.926. The average molecular weight is 288 g/mol. The van der Waals surface area contributed by atoms with Gasteiger partial charge in [-0.25, -0.2) is 0 Å². The third-order valence-electron chi connectivity index (χ3n) is 4.26. The summed E-state index contributed by atoms with van der Waals surface area (Å²) in [5.74, 6) is 0.787. The molecule has 1 atom stereocenters. The molecular formula is C18H28N2O. The Hall–Kier alpha value is -1.35. The average Bonchev–Trinajstić information content (AvgIpc) is 2.40. The van der Waals surface area contributed by atoms with Crippen LogP contribution in [-0.2, 0) is 0 Å². The number of amides is 1. The van der Waals surface area contributed by atoms with E-state index in [9.17, 15) is 4.79 Å². The van der Waals surface area contributed by atoms with Crippen LogP contribution in [0.15, 0.2) is 24.3 Å². The van der Waals surface area contributed by atoms with Crippen LogP contribution in [0.2, 0.25) is 0 Å². The summed E-state index contributed by atoms with van der Waals surface area (Å²) in [5, 5.41) is 3.59. The fraction of sp³-hybridized carbons (Fsp3) is 0.611. The van der Waals surface area contributed by atoms with Gasteiger partial charge in [0.15, 0.2) is 0 Å². The number of carbonyl (C=O) groups excluding carboxylic acids is 1. The maximum Gasteiger partial charge on any atom is 0.254 e. The molecule has 21 heavy (non-hydrogen) atoms. The van der Waals surface area contributed by atoms with E-state index in [0.29, 0.717) is 12.0 Å². The molecule has 1 N–H and O–H groups in total. The Bertz CT molecular complexity index is 490. The van der Waals surface area contributed by atoms with Crippen LogP contribution in [0.4, 0.5) is 0 Å². The number of piperazine rings is 1. The Morgan fingerprint density at radius 2 is 1.95 bits per heavy atom. The lowest BCUT2D eigenvalue weighted by Crippen LogP contribution is -2.63. The molecule has 1 aromatic carbocycles. The smallest absolute Gasteiger partial charge is 0.254 e. The summed E-state index contributed by atoms with van der Waals surface area (Å²) in [7, 11) is 0. The van der Waals surface area contributed by atoms with Crippen molar-refractivity contribution < 1.29 is 4.79 Å². The molecule has 1 aliphatic heterocycles. The maximum atomic E-state index is 12.9. The van der Waals surface area contributed by atoms with E-state index in [0.717, 1.165) is 25.1 Å². The third-order valence-corrected chi connectivity index (χ3v) is 4.26. The number of hydrogen-bond acceptors (Lipinski definition) is 2. The molecule has 1 unspecified atom stereocenters. The zero-order chi connectivity index (χ0) is 15.6. The van der Waals surface area contributed by atoms with Crippen LogP contribution in [0, 0.1) is 12.8 Å². The number of hydrogen-bond donors (Lipinski definition) is 1. The molecule has 1 aromatic rings. The zero-order valence-electron chi connectivity index (χ0n) is 13.9.